The zero-order chi connectivity index (χ0) is 15.9. The smallest absolute Gasteiger partial charge is 0.308 e. The van der Waals surface area contributed by atoms with Gasteiger partial charge in [0, 0.05) is 12.5 Å². The number of carbonyl (C=O) groups is 2. The Kier molecular flexibility index (Phi) is 3.13. The van der Waals surface area contributed by atoms with Crippen LogP contribution in [0.4, 0.5) is 0 Å². The molecule has 5 nitrogen and oxygen atoms in total. The maximum absolute atomic E-state index is 12.7. The summed E-state index contributed by atoms with van der Waals surface area (Å²) in [5.41, 5.74) is 5.11. The van der Waals surface area contributed by atoms with Gasteiger partial charge < -0.3 is 15.2 Å². The topological polar surface area (TPSA) is 78.6 Å². The van der Waals surface area contributed by atoms with Gasteiger partial charge in [-0.15, -0.1) is 0 Å². The predicted molar refractivity (Wildman–Crippen MR) is 80.4 cm³/mol. The summed E-state index contributed by atoms with van der Waals surface area (Å²) >= 11 is 0. The van der Waals surface area contributed by atoms with Crippen LogP contribution in [0.1, 0.15) is 19.4 Å². The molecule has 0 aliphatic carbocycles. The molecule has 2 aromatic carbocycles. The van der Waals surface area contributed by atoms with Crippen LogP contribution in [-0.2, 0) is 24.7 Å². The molecular weight excluding hydrogens is 282 g/mol. The van der Waals surface area contributed by atoms with E-state index in [4.69, 9.17) is 15.2 Å². The molecule has 0 spiro atoms. The first-order valence-electron chi connectivity index (χ1n) is 6.83. The molecule has 0 saturated carbocycles. The molecule has 1 atom stereocenters. The van der Waals surface area contributed by atoms with E-state index in [1.54, 1.807) is 6.92 Å². The van der Waals surface area contributed by atoms with E-state index in [2.05, 4.69) is 0 Å². The Labute approximate surface area is 127 Å². The minimum atomic E-state index is -1.31. The summed E-state index contributed by atoms with van der Waals surface area (Å²) in [4.78, 5) is 23.8. The first kappa shape index (κ1) is 14.1. The summed E-state index contributed by atoms with van der Waals surface area (Å²) < 4.78 is 10.5. The monoisotopic (exact) mass is 297 g/mol. The molecule has 22 heavy (non-hydrogen) atoms. The van der Waals surface area contributed by atoms with Crippen molar-refractivity contribution in [2.45, 2.75) is 19.4 Å². The largest absolute Gasteiger partial charge is 0.457 e. The van der Waals surface area contributed by atoms with Crippen molar-refractivity contribution in [1.82, 2.24) is 0 Å². The fourth-order valence-corrected chi connectivity index (χ4v) is 2.70. The van der Waals surface area contributed by atoms with Gasteiger partial charge in [-0.2, -0.15) is 0 Å². The van der Waals surface area contributed by atoms with E-state index in [-0.39, 0.29) is 11.6 Å². The van der Waals surface area contributed by atoms with Crippen LogP contribution in [0.2, 0.25) is 0 Å². The average molecular weight is 297 g/mol. The normalized spacial score (nSPS) is 21.1. The number of benzene rings is 2. The molecule has 2 N–H and O–H groups in total. The van der Waals surface area contributed by atoms with Crippen molar-refractivity contribution in [3.8, 4) is 0 Å². The van der Waals surface area contributed by atoms with E-state index in [9.17, 15) is 9.59 Å². The minimum Gasteiger partial charge on any atom is -0.457 e. The third kappa shape index (κ3) is 2.02. The van der Waals surface area contributed by atoms with Gasteiger partial charge in [0.05, 0.1) is 0 Å². The van der Waals surface area contributed by atoms with Gasteiger partial charge in [0.2, 0.25) is 11.6 Å². The molecule has 1 aliphatic heterocycles. The number of fused-ring (bicyclic) bond motifs is 1. The molecule has 3 rings (SSSR count). The molecule has 0 amide bonds. The molecule has 1 heterocycles. The van der Waals surface area contributed by atoms with Gasteiger partial charge in [-0.3, -0.25) is 9.59 Å². The zero-order valence-electron chi connectivity index (χ0n) is 12.3. The number of esters is 1. The van der Waals surface area contributed by atoms with Crippen LogP contribution in [0, 0.1) is 0 Å². The van der Waals surface area contributed by atoms with Crippen LogP contribution in [-0.4, -0.2) is 11.8 Å². The highest BCUT2D eigenvalue weighted by Gasteiger charge is 2.49. The van der Waals surface area contributed by atoms with Crippen molar-refractivity contribution in [1.29, 1.82) is 0 Å². The van der Waals surface area contributed by atoms with Gasteiger partial charge in [0.15, 0.2) is 5.60 Å². The maximum atomic E-state index is 12.7. The summed E-state index contributed by atoms with van der Waals surface area (Å²) in [5, 5.41) is 1.87. The molecular formula is C17H15NO4. The van der Waals surface area contributed by atoms with Crippen LogP contribution < -0.4 is 5.73 Å². The lowest BCUT2D eigenvalue weighted by atomic mass is 9.87. The number of rotatable bonds is 2. The Morgan fingerprint density at radius 1 is 1.18 bits per heavy atom. The Morgan fingerprint density at radius 2 is 1.86 bits per heavy atom. The Balaban J connectivity index is 2.12. The summed E-state index contributed by atoms with van der Waals surface area (Å²) in [7, 11) is 0. The molecule has 112 valence electrons. The third-order valence-corrected chi connectivity index (χ3v) is 3.73. The van der Waals surface area contributed by atoms with Crippen LogP contribution in [0.5, 0.6) is 0 Å². The second kappa shape index (κ2) is 4.87. The van der Waals surface area contributed by atoms with E-state index in [0.717, 1.165) is 10.8 Å². The molecule has 1 unspecified atom stereocenters. The van der Waals surface area contributed by atoms with Gasteiger partial charge in [-0.1, -0.05) is 42.5 Å². The molecule has 0 fully saturated rings. The number of ether oxygens (including phenoxy) is 2. The van der Waals surface area contributed by atoms with Gasteiger partial charge >= 0.3 is 5.97 Å². The average Bonchev–Trinajstić information content (AvgIpc) is 2.70. The van der Waals surface area contributed by atoms with Gasteiger partial charge in [0.1, 0.15) is 0 Å². The molecule has 0 saturated heterocycles. The highest BCUT2D eigenvalue weighted by molar-refractivity contribution is 6.06. The van der Waals surface area contributed by atoms with E-state index in [1.165, 1.54) is 6.92 Å². The van der Waals surface area contributed by atoms with Crippen molar-refractivity contribution in [3.63, 3.8) is 0 Å². The molecule has 1 aliphatic rings. The zero-order valence-corrected chi connectivity index (χ0v) is 12.3. The Bertz CT molecular complexity index is 819. The van der Waals surface area contributed by atoms with Crippen molar-refractivity contribution < 1.29 is 19.1 Å². The second-order valence-corrected chi connectivity index (χ2v) is 5.28. The van der Waals surface area contributed by atoms with Crippen LogP contribution in [0.3, 0.4) is 0 Å². The number of carbonyl (C=O) groups excluding carboxylic acids is 2. The number of ketones is 1. The minimum absolute atomic E-state index is 0.171. The first-order chi connectivity index (χ1) is 10.4. The van der Waals surface area contributed by atoms with E-state index in [1.807, 2.05) is 42.5 Å². The van der Waals surface area contributed by atoms with E-state index in [0.29, 0.717) is 5.56 Å². The van der Waals surface area contributed by atoms with Crippen molar-refractivity contribution in [2.24, 2.45) is 5.73 Å². The predicted octanol–water partition coefficient (Wildman–Crippen LogP) is 2.35. The lowest BCUT2D eigenvalue weighted by Crippen LogP contribution is -2.32. The number of hydrogen-bond acceptors (Lipinski definition) is 5. The maximum Gasteiger partial charge on any atom is 0.308 e. The fraction of sp³-hybridized carbons (Fsp3) is 0.176. The van der Waals surface area contributed by atoms with Gasteiger partial charge in [-0.25, -0.2) is 0 Å². The van der Waals surface area contributed by atoms with Crippen LogP contribution >= 0.6 is 0 Å². The highest BCUT2D eigenvalue weighted by Crippen LogP contribution is 2.40. The lowest BCUT2D eigenvalue weighted by Gasteiger charge is -2.24. The fourth-order valence-electron chi connectivity index (χ4n) is 2.70. The highest BCUT2D eigenvalue weighted by atomic mass is 16.6. The van der Waals surface area contributed by atoms with Crippen molar-refractivity contribution in [3.05, 3.63) is 59.7 Å². The van der Waals surface area contributed by atoms with E-state index >= 15 is 0 Å². The standard InChI is InChI=1S/C17H15NO4/c1-10(19)21-14-15(20)17(2,22-16(14)18)13-9-5-7-11-6-3-4-8-12(11)13/h3-9H,18H2,1-2H3. The summed E-state index contributed by atoms with van der Waals surface area (Å²) in [6.45, 7) is 2.83. The summed E-state index contributed by atoms with van der Waals surface area (Å²) in [6.07, 6.45) is 0. The quantitative estimate of drug-likeness (QED) is 0.861. The number of nitrogens with two attached hydrogens (primary N) is 1. The molecule has 0 aromatic heterocycles. The molecule has 5 heteroatoms. The molecule has 2 aromatic rings. The Morgan fingerprint density at radius 3 is 2.59 bits per heavy atom. The van der Waals surface area contributed by atoms with Crippen molar-refractivity contribution in [2.75, 3.05) is 0 Å². The SMILES string of the molecule is CC(=O)OC1=C(N)OC(C)(c2cccc3ccccc23)C1=O. The van der Waals surface area contributed by atoms with Crippen LogP contribution in [0.15, 0.2) is 54.1 Å². The van der Waals surface area contributed by atoms with Gasteiger partial charge in [-0.05, 0) is 17.7 Å². The Hall–Kier alpha value is -2.82. The first-order valence-corrected chi connectivity index (χ1v) is 6.83. The second-order valence-electron chi connectivity index (χ2n) is 5.28. The van der Waals surface area contributed by atoms with Crippen molar-refractivity contribution >= 4 is 22.5 Å². The lowest BCUT2D eigenvalue weighted by molar-refractivity contribution is -0.142. The number of Topliss-reactive ketones (excluding diaryl/α,β-unsaturated/α-hetero) is 1. The molecule has 0 radical (unpaired) electrons. The summed E-state index contributed by atoms with van der Waals surface area (Å²) in [6, 6.07) is 13.3. The molecule has 0 bridgehead atoms. The van der Waals surface area contributed by atoms with Gasteiger partial charge in [0.25, 0.3) is 5.78 Å². The third-order valence-electron chi connectivity index (χ3n) is 3.73. The number of hydrogen-bond donors (Lipinski definition) is 1. The van der Waals surface area contributed by atoms with E-state index < -0.39 is 17.4 Å². The van der Waals surface area contributed by atoms with Crippen LogP contribution in [0.25, 0.3) is 10.8 Å². The summed E-state index contributed by atoms with van der Waals surface area (Å²) in [5.74, 6) is -1.48.